The summed E-state index contributed by atoms with van der Waals surface area (Å²) in [5.41, 5.74) is 1.45. The van der Waals surface area contributed by atoms with E-state index in [9.17, 15) is 0 Å². The van der Waals surface area contributed by atoms with Crippen LogP contribution >= 0.6 is 0 Å². The predicted molar refractivity (Wildman–Crippen MR) is 80.0 cm³/mol. The summed E-state index contributed by atoms with van der Waals surface area (Å²) in [5.74, 6) is 0.836. The van der Waals surface area contributed by atoms with Gasteiger partial charge in [0.1, 0.15) is 0 Å². The summed E-state index contributed by atoms with van der Waals surface area (Å²) < 4.78 is 0. The minimum Gasteiger partial charge on any atom is -0.308 e. The van der Waals surface area contributed by atoms with Gasteiger partial charge in [-0.25, -0.2) is 0 Å². The Morgan fingerprint density at radius 3 is 2.61 bits per heavy atom. The van der Waals surface area contributed by atoms with Crippen molar-refractivity contribution >= 4 is 0 Å². The summed E-state index contributed by atoms with van der Waals surface area (Å²) in [5, 5.41) is 3.49. The van der Waals surface area contributed by atoms with Crippen LogP contribution in [0.4, 0.5) is 0 Å². The van der Waals surface area contributed by atoms with E-state index in [1.165, 1.54) is 31.6 Å². The van der Waals surface area contributed by atoms with Crippen LogP contribution in [0.1, 0.15) is 27.2 Å². The molecule has 0 aliphatic carbocycles. The maximum Gasteiger partial charge on any atom is 0.0199 e. The third-order valence-electron chi connectivity index (χ3n) is 3.42. The number of nitrogens with zero attached hydrogens (tertiary/aromatic N) is 2. The lowest BCUT2D eigenvalue weighted by molar-refractivity contribution is 0.287. The van der Waals surface area contributed by atoms with Gasteiger partial charge in [-0.15, -0.1) is 0 Å². The minimum atomic E-state index is 0.176. The van der Waals surface area contributed by atoms with Gasteiger partial charge in [0.15, 0.2) is 0 Å². The molecule has 3 nitrogen and oxygen atoms in total. The molecule has 1 aliphatic heterocycles. The number of nitrogens with one attached hydrogen (secondary N) is 1. The van der Waals surface area contributed by atoms with Crippen LogP contribution in [0.15, 0.2) is 12.2 Å². The average molecular weight is 253 g/mol. The van der Waals surface area contributed by atoms with Crippen molar-refractivity contribution in [2.45, 2.75) is 32.7 Å². The summed E-state index contributed by atoms with van der Waals surface area (Å²) in [6, 6.07) is 0. The van der Waals surface area contributed by atoms with Gasteiger partial charge in [0, 0.05) is 31.7 Å². The second-order valence-corrected chi connectivity index (χ2v) is 6.97. The van der Waals surface area contributed by atoms with Crippen LogP contribution in [0.2, 0.25) is 0 Å². The standard InChI is InChI=1S/C15H31N3/c1-13(9-16-15(2,3)4)10-18(6)12-14-7-8-17(5)11-14/h14,16H,1,7-12H2,2-6H3. The van der Waals surface area contributed by atoms with Gasteiger partial charge in [0.25, 0.3) is 0 Å². The first kappa shape index (κ1) is 15.7. The minimum absolute atomic E-state index is 0.176. The van der Waals surface area contributed by atoms with E-state index in [1.54, 1.807) is 0 Å². The molecule has 0 aromatic rings. The van der Waals surface area contributed by atoms with Gasteiger partial charge < -0.3 is 15.1 Å². The Balaban J connectivity index is 2.19. The largest absolute Gasteiger partial charge is 0.308 e. The fourth-order valence-corrected chi connectivity index (χ4v) is 2.51. The molecule has 18 heavy (non-hydrogen) atoms. The van der Waals surface area contributed by atoms with Gasteiger partial charge in [0.05, 0.1) is 0 Å². The first-order valence-electron chi connectivity index (χ1n) is 7.05. The van der Waals surface area contributed by atoms with Crippen LogP contribution in [0.3, 0.4) is 0 Å². The first-order chi connectivity index (χ1) is 8.26. The highest BCUT2D eigenvalue weighted by Gasteiger charge is 2.20. The molecule has 1 heterocycles. The smallest absolute Gasteiger partial charge is 0.0199 e. The van der Waals surface area contributed by atoms with E-state index in [0.717, 1.165) is 19.0 Å². The monoisotopic (exact) mass is 253 g/mol. The number of likely N-dealkylation sites (tertiary alicyclic amines) is 1. The molecule has 1 aliphatic rings. The second-order valence-electron chi connectivity index (χ2n) is 6.97. The molecule has 0 aromatic carbocycles. The molecule has 1 rings (SSSR count). The molecule has 0 saturated carbocycles. The molecule has 0 aromatic heterocycles. The topological polar surface area (TPSA) is 18.5 Å². The van der Waals surface area contributed by atoms with Crippen molar-refractivity contribution in [3.8, 4) is 0 Å². The quantitative estimate of drug-likeness (QED) is 0.729. The van der Waals surface area contributed by atoms with Gasteiger partial charge >= 0.3 is 0 Å². The maximum atomic E-state index is 4.17. The highest BCUT2D eigenvalue weighted by Crippen LogP contribution is 2.15. The van der Waals surface area contributed by atoms with Crippen LogP contribution in [0.25, 0.3) is 0 Å². The molecular formula is C15H31N3. The van der Waals surface area contributed by atoms with Crippen LogP contribution in [-0.2, 0) is 0 Å². The maximum absolute atomic E-state index is 4.17. The summed E-state index contributed by atoms with van der Waals surface area (Å²) in [4.78, 5) is 4.84. The Hall–Kier alpha value is -0.380. The van der Waals surface area contributed by atoms with E-state index in [-0.39, 0.29) is 5.54 Å². The summed E-state index contributed by atoms with van der Waals surface area (Å²) >= 11 is 0. The van der Waals surface area contributed by atoms with Crippen molar-refractivity contribution in [3.63, 3.8) is 0 Å². The highest BCUT2D eigenvalue weighted by atomic mass is 15.1. The zero-order chi connectivity index (χ0) is 13.8. The van der Waals surface area contributed by atoms with E-state index in [1.807, 2.05) is 0 Å². The van der Waals surface area contributed by atoms with Crippen molar-refractivity contribution < 1.29 is 0 Å². The molecule has 1 atom stereocenters. The van der Waals surface area contributed by atoms with E-state index in [0.29, 0.717) is 0 Å². The van der Waals surface area contributed by atoms with Crippen LogP contribution in [-0.4, -0.2) is 62.2 Å². The van der Waals surface area contributed by atoms with Crippen molar-refractivity contribution in [1.82, 2.24) is 15.1 Å². The Labute approximate surface area is 113 Å². The van der Waals surface area contributed by atoms with Gasteiger partial charge in [-0.3, -0.25) is 0 Å². The van der Waals surface area contributed by atoms with Gasteiger partial charge in [-0.2, -0.15) is 0 Å². The fourth-order valence-electron chi connectivity index (χ4n) is 2.51. The zero-order valence-corrected chi connectivity index (χ0v) is 12.9. The molecule has 106 valence electrons. The van der Waals surface area contributed by atoms with Gasteiger partial charge in [-0.05, 0) is 59.3 Å². The highest BCUT2D eigenvalue weighted by molar-refractivity contribution is 5.01. The van der Waals surface area contributed by atoms with Gasteiger partial charge in [0.2, 0.25) is 0 Å². The Morgan fingerprint density at radius 2 is 2.11 bits per heavy atom. The van der Waals surface area contributed by atoms with Crippen LogP contribution in [0.5, 0.6) is 0 Å². The Morgan fingerprint density at radius 1 is 1.44 bits per heavy atom. The van der Waals surface area contributed by atoms with E-state index >= 15 is 0 Å². The molecule has 1 unspecified atom stereocenters. The normalized spacial score (nSPS) is 21.8. The fraction of sp³-hybridized carbons (Fsp3) is 0.867. The number of rotatable bonds is 6. The summed E-state index contributed by atoms with van der Waals surface area (Å²) in [6.45, 7) is 16.4. The molecule has 3 heteroatoms. The predicted octanol–water partition coefficient (Wildman–Crippen LogP) is 1.81. The van der Waals surface area contributed by atoms with Gasteiger partial charge in [-0.1, -0.05) is 6.58 Å². The average Bonchev–Trinajstić information content (AvgIpc) is 2.59. The Kier molecular flexibility index (Phi) is 5.83. The third kappa shape index (κ3) is 6.53. The van der Waals surface area contributed by atoms with Crippen molar-refractivity contribution in [2.75, 3.05) is 46.8 Å². The molecule has 1 fully saturated rings. The zero-order valence-electron chi connectivity index (χ0n) is 12.9. The third-order valence-corrected chi connectivity index (χ3v) is 3.42. The lowest BCUT2D eigenvalue weighted by Gasteiger charge is -2.25. The molecule has 1 saturated heterocycles. The molecule has 0 amide bonds. The summed E-state index contributed by atoms with van der Waals surface area (Å²) in [7, 11) is 4.42. The van der Waals surface area contributed by atoms with E-state index < -0.39 is 0 Å². The molecule has 1 N–H and O–H groups in total. The second kappa shape index (κ2) is 6.69. The van der Waals surface area contributed by atoms with Crippen molar-refractivity contribution in [3.05, 3.63) is 12.2 Å². The first-order valence-corrected chi connectivity index (χ1v) is 7.05. The lowest BCUT2D eigenvalue weighted by Crippen LogP contribution is -2.39. The molecule has 0 spiro atoms. The number of hydrogen-bond acceptors (Lipinski definition) is 3. The SMILES string of the molecule is C=C(CNC(C)(C)C)CN(C)CC1CCN(C)C1. The Bertz CT molecular complexity index is 267. The molecular weight excluding hydrogens is 222 g/mol. The van der Waals surface area contributed by atoms with Crippen molar-refractivity contribution in [2.24, 2.45) is 5.92 Å². The number of likely N-dealkylation sites (N-methyl/N-ethyl adjacent to an activating group) is 1. The lowest BCUT2D eigenvalue weighted by atomic mass is 10.1. The number of hydrogen-bond donors (Lipinski definition) is 1. The molecule has 0 radical (unpaired) electrons. The van der Waals surface area contributed by atoms with Crippen LogP contribution in [0, 0.1) is 5.92 Å². The van der Waals surface area contributed by atoms with Crippen molar-refractivity contribution in [1.29, 1.82) is 0 Å². The molecule has 0 bridgehead atoms. The van der Waals surface area contributed by atoms with E-state index in [4.69, 9.17) is 0 Å². The van der Waals surface area contributed by atoms with Crippen LogP contribution < -0.4 is 5.32 Å². The summed E-state index contributed by atoms with van der Waals surface area (Å²) in [6.07, 6.45) is 1.34. The van der Waals surface area contributed by atoms with E-state index in [2.05, 4.69) is 56.6 Å².